The number of ether oxygens (including phenoxy) is 3. The molecule has 3 saturated heterocycles. The molecule has 15 aliphatic rings. The smallest absolute Gasteiger partial charge is 0.0887 e. The van der Waals surface area contributed by atoms with Crippen molar-refractivity contribution in [1.82, 2.24) is 0 Å². The van der Waals surface area contributed by atoms with Crippen LogP contribution in [0.1, 0.15) is 660 Å². The van der Waals surface area contributed by atoms with E-state index in [2.05, 4.69) is 358 Å². The first-order chi connectivity index (χ1) is 71.1. The number of rotatable bonds is 22. The summed E-state index contributed by atoms with van der Waals surface area (Å²) in [6.45, 7) is 101. The third kappa shape index (κ3) is 57.1. The zero-order valence-electron chi connectivity index (χ0n) is 111. The molecule has 0 radical (unpaired) electrons. The van der Waals surface area contributed by atoms with Gasteiger partial charge in [-0.2, -0.15) is 0 Å². The van der Waals surface area contributed by atoms with Gasteiger partial charge in [0.2, 0.25) is 0 Å². The monoisotopic (exact) mass is 2100 g/mol. The van der Waals surface area contributed by atoms with Gasteiger partial charge in [0.25, 0.3) is 0 Å². The number of hydrogen-bond donors (Lipinski definition) is 0. The fourth-order valence-electron chi connectivity index (χ4n) is 26.7. The summed E-state index contributed by atoms with van der Waals surface area (Å²) in [4.78, 5) is 0. The molecule has 2 aromatic rings. The van der Waals surface area contributed by atoms with Crippen molar-refractivity contribution in [3.05, 3.63) is 82.9 Å². The van der Waals surface area contributed by atoms with Gasteiger partial charge in [-0.1, -0.05) is 600 Å². The van der Waals surface area contributed by atoms with E-state index in [9.17, 15) is 0 Å². The first-order valence-corrected chi connectivity index (χ1v) is 67.8. The standard InChI is InChI=1S/C17H32.C17H20.C10H16.C10H20.C9H16.C9H20.C8H14O2.C8H14O.2C8H16.C8H14.2C8H18.C7H16.C6H14.2C3H8.5H2/c2*1-13-5-9-15(10-6-13)17(3,4)16-11-7-14(2)8-12-16;1-2-9-7-4-5-8(6-7)10(9)3-1;1-3-9-5-7-10(4-2)8-6-9;1-6-7(2)9-4-3-8(6)5-9;1-5-9(6-2,7-3)8-4;1-5-3-9-8-6(2)4-10-7(5)8;1-5-3-7-8(9-7)4-6(5)2;1-7-3-5-8(2)6-4-7;2*1-7-5-3-4-6-8(7)2;1-5-8(4,6-2)7-3;1-3-5-7-8-6-4-2;1-5-7(3,4)6-2;1-4-6(3)5-2;2*1-3-2;;;;;/h13-16H,5-12H2,1-4H3;5-12H,1-4H3;7-10H,1-6H2;9-10H,3-8H2,1-2H3;6-9H,3-5H2,1-2H3;5-8H2,1-4H3;5-8H,3-4H2,1-2H3;5-8H,3-4H2,1-2H3;2*7-8H,3-6H2,1-2H3;3-4,7-8H,5-6H2,1-2H3;5-7H2,1-4H3;3-8H2,1-2H3;5-6H2,1-4H3;6H,4-5H2,1-3H3;2*3H2,1-2H3;5*1H. The molecule has 3 heterocycles. The molecule has 12 aliphatic carbocycles. The highest BCUT2D eigenvalue weighted by molar-refractivity contribution is 5.39. The van der Waals surface area contributed by atoms with Gasteiger partial charge in [0.1, 0.15) is 0 Å². The van der Waals surface area contributed by atoms with Gasteiger partial charge in [-0.25, -0.2) is 0 Å². The summed E-state index contributed by atoms with van der Waals surface area (Å²) in [7, 11) is 0. The van der Waals surface area contributed by atoms with Crippen LogP contribution in [0.4, 0.5) is 0 Å². The molecule has 20 atom stereocenters. The summed E-state index contributed by atoms with van der Waals surface area (Å²) >= 11 is 0. The summed E-state index contributed by atoms with van der Waals surface area (Å²) in [5, 5.41) is 0. The molecular formula is C147H290O3. The molecule has 11 saturated carbocycles. The quantitative estimate of drug-likeness (QED) is 0.0669. The lowest BCUT2D eigenvalue weighted by molar-refractivity contribution is 0.0421. The predicted molar refractivity (Wildman–Crippen MR) is 690 cm³/mol. The summed E-state index contributed by atoms with van der Waals surface area (Å²) < 4.78 is 16.6. The summed E-state index contributed by atoms with van der Waals surface area (Å²) in [5.41, 5.74) is 7.92. The Morgan fingerprint density at radius 3 is 0.853 bits per heavy atom. The van der Waals surface area contributed by atoms with Crippen LogP contribution in [-0.2, 0) is 19.6 Å². The molecular weight excluding hydrogens is 1810 g/mol. The molecule has 17 rings (SSSR count). The first kappa shape index (κ1) is 146. The fourth-order valence-corrected chi connectivity index (χ4v) is 26.7. The minimum absolute atomic E-state index is 0. The van der Waals surface area contributed by atoms with E-state index in [0.717, 1.165) is 126 Å². The third-order valence-electron chi connectivity index (χ3n) is 43.7. The van der Waals surface area contributed by atoms with Crippen molar-refractivity contribution in [3.63, 3.8) is 0 Å². The molecule has 20 unspecified atom stereocenters. The van der Waals surface area contributed by atoms with Crippen molar-refractivity contribution in [2.75, 3.05) is 13.2 Å². The molecule has 150 heavy (non-hydrogen) atoms. The Morgan fingerprint density at radius 1 is 0.313 bits per heavy atom. The van der Waals surface area contributed by atoms with E-state index in [0.29, 0.717) is 57.9 Å². The second-order valence-corrected chi connectivity index (χ2v) is 56.5. The zero-order valence-corrected chi connectivity index (χ0v) is 111. The van der Waals surface area contributed by atoms with Crippen molar-refractivity contribution >= 4 is 0 Å². The average molecular weight is 2110 g/mol. The second-order valence-electron chi connectivity index (χ2n) is 56.5. The summed E-state index contributed by atoms with van der Waals surface area (Å²) in [6, 6.07) is 17.7. The molecule has 3 heteroatoms. The lowest BCUT2D eigenvalue weighted by Crippen LogP contribution is -2.36. The molecule has 0 spiro atoms. The van der Waals surface area contributed by atoms with Gasteiger partial charge in [-0.3, -0.25) is 0 Å². The van der Waals surface area contributed by atoms with Crippen molar-refractivity contribution < 1.29 is 21.3 Å². The second kappa shape index (κ2) is 81.6. The van der Waals surface area contributed by atoms with E-state index < -0.39 is 0 Å². The Labute approximate surface area is 955 Å². The molecule has 3 nitrogen and oxygen atoms in total. The van der Waals surface area contributed by atoms with Gasteiger partial charge in [0, 0.05) is 24.4 Å². The maximum Gasteiger partial charge on any atom is 0.0887 e. The Morgan fingerprint density at radius 2 is 0.620 bits per heavy atom. The molecule has 0 N–H and O–H groups in total. The Kier molecular flexibility index (Phi) is 79.5. The average Bonchev–Trinajstić information content (AvgIpc) is 1.61. The van der Waals surface area contributed by atoms with Crippen LogP contribution >= 0.6 is 0 Å². The van der Waals surface area contributed by atoms with Crippen LogP contribution in [0.25, 0.3) is 0 Å². The normalized spacial score (nSPS) is 31.7. The van der Waals surface area contributed by atoms with Gasteiger partial charge in [-0.05, 0) is 285 Å². The summed E-state index contributed by atoms with van der Waals surface area (Å²) in [5.74, 6) is 25.1. The van der Waals surface area contributed by atoms with Gasteiger partial charge >= 0.3 is 0 Å². The largest absolute Gasteiger partial charge is 0.375 e. The van der Waals surface area contributed by atoms with Gasteiger partial charge in [0.15, 0.2) is 0 Å². The molecule has 896 valence electrons. The van der Waals surface area contributed by atoms with E-state index in [-0.39, 0.29) is 12.5 Å². The fraction of sp³-hybridized carbons (Fsp3) is 0.905. The highest BCUT2D eigenvalue weighted by Crippen LogP contribution is 2.59. The molecule has 3 aliphatic heterocycles. The Balaban J connectivity index is -0.000000520. The Bertz CT molecular complexity index is 3210. The molecule has 4 bridgehead atoms. The van der Waals surface area contributed by atoms with Crippen LogP contribution < -0.4 is 0 Å². The van der Waals surface area contributed by atoms with E-state index in [1.165, 1.54) is 348 Å². The lowest BCUT2D eigenvalue weighted by atomic mass is 9.59. The zero-order chi connectivity index (χ0) is 113. The topological polar surface area (TPSA) is 31.0 Å². The number of benzene rings is 2. The van der Waals surface area contributed by atoms with Crippen LogP contribution in [0.2, 0.25) is 0 Å². The van der Waals surface area contributed by atoms with Gasteiger partial charge in [-0.15, -0.1) is 0 Å². The lowest BCUT2D eigenvalue weighted by Gasteiger charge is -2.46. The SMILES string of the molecule is C1CC2C3CCC(C3)C2C1.CC1C2CCC(C2)C1C.CC1CC2OC2CC1C.CC1CC=CCC1C.CC1CCC(C(C)(C)C2CCC(C)CC2)CC1.CC1CCC(C)CC1.CC1CCCCC1C.CC1COC2C(C)COC12.CCC.CCC.CCC(C)(C)CC.CCC(C)(CC)CC.CCC(C)CC.CCC(CC)(CC)CC.CCC1CCC(CC)CC1.CCCCCCCC.Cc1ccc(C(C)(C)c2ccc(C)cc2)cc1.[HH].[HH].[HH].[HH].[HH]. The van der Waals surface area contributed by atoms with Crippen LogP contribution in [0.3, 0.4) is 0 Å². The van der Waals surface area contributed by atoms with Crippen LogP contribution in [0.15, 0.2) is 60.7 Å². The molecule has 14 fully saturated rings. The highest BCUT2D eigenvalue weighted by atomic mass is 16.6. The number of aryl methyl sites for hydroxylation is 2. The summed E-state index contributed by atoms with van der Waals surface area (Å²) in [6.07, 6.45) is 84.3. The van der Waals surface area contributed by atoms with Crippen LogP contribution in [-0.4, -0.2) is 37.6 Å². The number of hydrogen-bond acceptors (Lipinski definition) is 3. The number of fused-ring (bicyclic) bond motifs is 9. The van der Waals surface area contributed by atoms with E-state index in [4.69, 9.17) is 14.2 Å². The highest BCUT2D eigenvalue weighted by Gasteiger charge is 2.50. The molecule has 0 amide bonds. The Hall–Kier alpha value is -1.94. The van der Waals surface area contributed by atoms with E-state index >= 15 is 0 Å². The predicted octanol–water partition coefficient (Wildman–Crippen LogP) is 50.1. The maximum absolute atomic E-state index is 5.58. The first-order valence-electron chi connectivity index (χ1n) is 67.8. The van der Waals surface area contributed by atoms with Crippen LogP contribution in [0.5, 0.6) is 0 Å². The van der Waals surface area contributed by atoms with E-state index in [1.54, 1.807) is 44.9 Å². The van der Waals surface area contributed by atoms with Gasteiger partial charge < -0.3 is 14.2 Å². The number of epoxide rings is 1. The van der Waals surface area contributed by atoms with Crippen LogP contribution in [0, 0.1) is 183 Å². The van der Waals surface area contributed by atoms with Gasteiger partial charge in [0.05, 0.1) is 37.6 Å². The number of allylic oxidation sites excluding steroid dienone is 2. The van der Waals surface area contributed by atoms with Crippen molar-refractivity contribution in [1.29, 1.82) is 0 Å². The number of unbranched alkanes of at least 4 members (excludes halogenated alkanes) is 5. The van der Waals surface area contributed by atoms with Crippen molar-refractivity contribution in [2.45, 2.75) is 674 Å². The minimum atomic E-state index is 0. The van der Waals surface area contributed by atoms with Crippen molar-refractivity contribution in [3.8, 4) is 0 Å². The van der Waals surface area contributed by atoms with E-state index in [1.807, 2.05) is 0 Å². The molecule has 0 aromatic heterocycles. The van der Waals surface area contributed by atoms with Crippen molar-refractivity contribution in [2.24, 2.45) is 170 Å². The maximum atomic E-state index is 5.58. The molecule has 2 aromatic carbocycles. The minimum Gasteiger partial charge on any atom is -0.375 e. The third-order valence-corrected chi connectivity index (χ3v) is 43.7.